The molecule has 8 nitrogen and oxygen atoms in total. The van der Waals surface area contributed by atoms with Gasteiger partial charge >= 0.3 is 17.9 Å². The van der Waals surface area contributed by atoms with Gasteiger partial charge in [-0.05, 0) is 0 Å². The van der Waals surface area contributed by atoms with Crippen molar-refractivity contribution in [1.82, 2.24) is 0 Å². The van der Waals surface area contributed by atoms with Crippen LogP contribution in [0.1, 0.15) is 12.8 Å². The summed E-state index contributed by atoms with van der Waals surface area (Å²) in [7, 11) is 0. The van der Waals surface area contributed by atoms with Crippen LogP contribution in [0, 0.1) is 0 Å². The van der Waals surface area contributed by atoms with E-state index in [2.05, 4.69) is 0 Å². The first-order valence-corrected chi connectivity index (χ1v) is 3.47. The summed E-state index contributed by atoms with van der Waals surface area (Å²) in [4.78, 5) is 47.6. The van der Waals surface area contributed by atoms with Crippen molar-refractivity contribution >= 4 is 30.0 Å². The fourth-order valence-electron chi connectivity index (χ4n) is 0.327. The SMILES string of the molecule is O=C(O)CCC(=O)C(=O)O.O=CC(=O)O. The molecular weight excluding hydrogens is 212 g/mol. The first-order valence-electron chi connectivity index (χ1n) is 3.47. The van der Waals surface area contributed by atoms with Gasteiger partial charge in [-0.2, -0.15) is 0 Å². The maximum atomic E-state index is 10.2. The molecular formula is C7H8O8. The fourth-order valence-corrected chi connectivity index (χ4v) is 0.327. The van der Waals surface area contributed by atoms with Crippen LogP contribution in [0.15, 0.2) is 0 Å². The molecule has 0 radical (unpaired) electrons. The molecule has 0 bridgehead atoms. The molecule has 0 unspecified atom stereocenters. The third kappa shape index (κ3) is 14.6. The van der Waals surface area contributed by atoms with Crippen molar-refractivity contribution in [3.63, 3.8) is 0 Å². The average molecular weight is 220 g/mol. The number of carbonyl (C=O) groups excluding carboxylic acids is 2. The smallest absolute Gasteiger partial charge is 0.372 e. The Labute approximate surface area is 83.1 Å². The van der Waals surface area contributed by atoms with Crippen LogP contribution in [0.4, 0.5) is 0 Å². The van der Waals surface area contributed by atoms with Crippen molar-refractivity contribution in [2.24, 2.45) is 0 Å². The number of hydrogen-bond acceptors (Lipinski definition) is 5. The Hall–Kier alpha value is -2.25. The Balaban J connectivity index is 0. The minimum Gasteiger partial charge on any atom is -0.481 e. The molecule has 3 N–H and O–H groups in total. The van der Waals surface area contributed by atoms with Crippen LogP contribution in [0.2, 0.25) is 0 Å². The Morgan fingerprint density at radius 3 is 1.53 bits per heavy atom. The van der Waals surface area contributed by atoms with Crippen LogP contribution in [-0.2, 0) is 24.0 Å². The van der Waals surface area contributed by atoms with Crippen molar-refractivity contribution in [2.45, 2.75) is 12.8 Å². The van der Waals surface area contributed by atoms with Gasteiger partial charge in [-0.3, -0.25) is 14.4 Å². The quantitative estimate of drug-likeness (QED) is 0.385. The molecule has 0 aromatic heterocycles. The number of carboxylic acid groups (broad SMARTS) is 3. The second-order valence-corrected chi connectivity index (χ2v) is 2.08. The topological polar surface area (TPSA) is 146 Å². The molecule has 0 rings (SSSR count). The number of hydrogen-bond donors (Lipinski definition) is 3. The number of aldehydes is 1. The van der Waals surface area contributed by atoms with Crippen LogP contribution >= 0.6 is 0 Å². The van der Waals surface area contributed by atoms with Gasteiger partial charge in [0.25, 0.3) is 0 Å². The number of ketones is 1. The molecule has 0 amide bonds. The van der Waals surface area contributed by atoms with E-state index in [4.69, 9.17) is 24.9 Å². The molecule has 0 saturated heterocycles. The third-order valence-electron chi connectivity index (χ3n) is 0.905. The van der Waals surface area contributed by atoms with Gasteiger partial charge in [0.1, 0.15) is 0 Å². The molecule has 15 heavy (non-hydrogen) atoms. The lowest BCUT2D eigenvalue weighted by Gasteiger charge is -1.88. The molecule has 0 aliphatic rings. The maximum Gasteiger partial charge on any atom is 0.372 e. The monoisotopic (exact) mass is 220 g/mol. The summed E-state index contributed by atoms with van der Waals surface area (Å²) in [6.07, 6.45) is -1.03. The van der Waals surface area contributed by atoms with Gasteiger partial charge in [0, 0.05) is 6.42 Å². The highest BCUT2D eigenvalue weighted by atomic mass is 16.4. The van der Waals surface area contributed by atoms with Crippen molar-refractivity contribution in [3.05, 3.63) is 0 Å². The van der Waals surface area contributed by atoms with Gasteiger partial charge in [-0.25, -0.2) is 9.59 Å². The zero-order chi connectivity index (χ0) is 12.4. The van der Waals surface area contributed by atoms with Gasteiger partial charge in [0.05, 0.1) is 6.42 Å². The number of aliphatic carboxylic acids is 3. The molecule has 0 aromatic rings. The van der Waals surface area contributed by atoms with Crippen LogP contribution in [0.3, 0.4) is 0 Å². The zero-order valence-electron chi connectivity index (χ0n) is 7.37. The van der Waals surface area contributed by atoms with Gasteiger partial charge in [-0.1, -0.05) is 0 Å². The predicted octanol–water partition coefficient (Wildman–Crippen LogP) is -1.23. The summed E-state index contributed by atoms with van der Waals surface area (Å²) < 4.78 is 0. The van der Waals surface area contributed by atoms with E-state index in [9.17, 15) is 14.4 Å². The lowest BCUT2D eigenvalue weighted by molar-refractivity contribution is -0.149. The standard InChI is InChI=1S/C5H6O5.C2H2O3/c6-3(5(9)10)1-2-4(7)8;3-1-2(4)5/h1-2H2,(H,7,8)(H,9,10);1H,(H,4,5). The summed E-state index contributed by atoms with van der Waals surface area (Å²) in [5, 5.41) is 23.3. The first-order chi connectivity index (χ1) is 6.81. The molecule has 0 spiro atoms. The van der Waals surface area contributed by atoms with Crippen molar-refractivity contribution in [1.29, 1.82) is 0 Å². The Morgan fingerprint density at radius 1 is 0.933 bits per heavy atom. The van der Waals surface area contributed by atoms with Gasteiger partial charge in [-0.15, -0.1) is 0 Å². The molecule has 0 aliphatic carbocycles. The Morgan fingerprint density at radius 2 is 1.33 bits per heavy atom. The highest BCUT2D eigenvalue weighted by Crippen LogP contribution is 1.89. The number of carbonyl (C=O) groups is 5. The van der Waals surface area contributed by atoms with E-state index in [0.29, 0.717) is 0 Å². The van der Waals surface area contributed by atoms with Crippen LogP contribution in [0.5, 0.6) is 0 Å². The first kappa shape index (κ1) is 15.2. The van der Waals surface area contributed by atoms with Crippen LogP contribution < -0.4 is 0 Å². The van der Waals surface area contributed by atoms with Crippen molar-refractivity contribution in [2.75, 3.05) is 0 Å². The highest BCUT2D eigenvalue weighted by molar-refractivity contribution is 6.32. The largest absolute Gasteiger partial charge is 0.481 e. The molecule has 0 aromatic carbocycles. The molecule has 84 valence electrons. The summed E-state index contributed by atoms with van der Waals surface area (Å²) in [5.41, 5.74) is 0. The van der Waals surface area contributed by atoms with Gasteiger partial charge < -0.3 is 15.3 Å². The van der Waals surface area contributed by atoms with Crippen molar-refractivity contribution in [3.8, 4) is 0 Å². The summed E-state index contributed by atoms with van der Waals surface area (Å²) in [6.45, 7) is 0. The Bertz CT molecular complexity index is 279. The van der Waals surface area contributed by atoms with Gasteiger partial charge in [0.2, 0.25) is 12.1 Å². The number of Topliss-reactive ketones (excluding diaryl/α,β-unsaturated/α-hetero) is 1. The third-order valence-corrected chi connectivity index (χ3v) is 0.905. The highest BCUT2D eigenvalue weighted by Gasteiger charge is 2.12. The summed E-state index contributed by atoms with van der Waals surface area (Å²) in [6, 6.07) is 0. The van der Waals surface area contributed by atoms with Crippen LogP contribution in [0.25, 0.3) is 0 Å². The fraction of sp³-hybridized carbons (Fsp3) is 0.286. The summed E-state index contributed by atoms with van der Waals surface area (Å²) >= 11 is 0. The van der Waals surface area contributed by atoms with E-state index in [1.165, 1.54) is 0 Å². The van der Waals surface area contributed by atoms with Crippen molar-refractivity contribution < 1.29 is 39.3 Å². The Kier molecular flexibility index (Phi) is 8.48. The minimum atomic E-state index is -1.58. The average Bonchev–Trinajstić information content (AvgIpc) is 2.14. The second-order valence-electron chi connectivity index (χ2n) is 2.08. The molecule has 0 aliphatic heterocycles. The minimum absolute atomic E-state index is 0.167. The summed E-state index contributed by atoms with van der Waals surface area (Å²) in [5.74, 6) is -5.25. The van der Waals surface area contributed by atoms with E-state index >= 15 is 0 Å². The van der Waals surface area contributed by atoms with Gasteiger partial charge in [0.15, 0.2) is 0 Å². The second kappa shape index (κ2) is 8.35. The maximum absolute atomic E-state index is 10.2. The lowest BCUT2D eigenvalue weighted by Crippen LogP contribution is -2.13. The zero-order valence-corrected chi connectivity index (χ0v) is 7.37. The van der Waals surface area contributed by atoms with Crippen LogP contribution in [-0.4, -0.2) is 45.3 Å². The van der Waals surface area contributed by atoms with E-state index in [1.54, 1.807) is 0 Å². The van der Waals surface area contributed by atoms with E-state index in [0.717, 1.165) is 0 Å². The number of carboxylic acids is 3. The molecule has 8 heteroatoms. The van der Waals surface area contributed by atoms with E-state index < -0.39 is 36.5 Å². The normalized spacial score (nSPS) is 8.00. The predicted molar refractivity (Wildman–Crippen MR) is 43.2 cm³/mol. The molecule has 0 fully saturated rings. The molecule has 0 atom stereocenters. The van der Waals surface area contributed by atoms with E-state index in [1.807, 2.05) is 0 Å². The lowest BCUT2D eigenvalue weighted by atomic mass is 10.2. The molecule has 0 heterocycles. The number of rotatable bonds is 5. The van der Waals surface area contributed by atoms with E-state index in [-0.39, 0.29) is 6.29 Å². The molecule has 0 saturated carbocycles.